The van der Waals surface area contributed by atoms with E-state index in [0.717, 1.165) is 24.2 Å². The molecule has 5 heteroatoms. The molecule has 2 heterocycles. The zero-order chi connectivity index (χ0) is 18.0. The molecule has 1 aromatic carbocycles. The van der Waals surface area contributed by atoms with Gasteiger partial charge in [-0.2, -0.15) is 0 Å². The van der Waals surface area contributed by atoms with E-state index >= 15 is 0 Å². The average Bonchev–Trinajstić information content (AvgIpc) is 2.53. The van der Waals surface area contributed by atoms with E-state index in [0.29, 0.717) is 6.04 Å². The number of esters is 2. The fourth-order valence-corrected chi connectivity index (χ4v) is 3.36. The number of carbonyl (C=O) groups excluding carboxylic acids is 2. The molecule has 134 valence electrons. The first kappa shape index (κ1) is 17.7. The maximum atomic E-state index is 12.2. The Morgan fingerprint density at radius 3 is 2.52 bits per heavy atom. The van der Waals surface area contributed by atoms with Gasteiger partial charge in [0.1, 0.15) is 5.57 Å². The number of hydrogen-bond acceptors (Lipinski definition) is 5. The second kappa shape index (κ2) is 7.00. The van der Waals surface area contributed by atoms with Crippen molar-refractivity contribution in [2.24, 2.45) is 0 Å². The van der Waals surface area contributed by atoms with Gasteiger partial charge in [0.2, 0.25) is 0 Å². The number of cyclic esters (lactones) is 2. The highest BCUT2D eigenvalue weighted by Crippen LogP contribution is 2.26. The molecule has 0 amide bonds. The molecule has 0 aromatic heterocycles. The Labute approximate surface area is 148 Å². The first-order chi connectivity index (χ1) is 11.9. The van der Waals surface area contributed by atoms with Crippen molar-refractivity contribution in [3.8, 4) is 0 Å². The Morgan fingerprint density at radius 2 is 1.84 bits per heavy atom. The zero-order valence-electron chi connectivity index (χ0n) is 15.1. The molecule has 2 aliphatic heterocycles. The monoisotopic (exact) mass is 343 g/mol. The van der Waals surface area contributed by atoms with E-state index in [1.807, 2.05) is 24.3 Å². The molecule has 0 spiro atoms. The minimum Gasteiger partial charge on any atom is -0.419 e. The van der Waals surface area contributed by atoms with E-state index in [9.17, 15) is 9.59 Å². The minimum atomic E-state index is -1.21. The number of rotatable bonds is 3. The molecule has 1 aromatic rings. The molecule has 1 unspecified atom stereocenters. The van der Waals surface area contributed by atoms with Crippen molar-refractivity contribution in [1.82, 2.24) is 4.90 Å². The van der Waals surface area contributed by atoms with Crippen LogP contribution in [-0.4, -0.2) is 35.2 Å². The van der Waals surface area contributed by atoms with Gasteiger partial charge in [-0.3, -0.25) is 4.90 Å². The van der Waals surface area contributed by atoms with Gasteiger partial charge in [0.15, 0.2) is 0 Å². The maximum Gasteiger partial charge on any atom is 0.348 e. The van der Waals surface area contributed by atoms with Crippen molar-refractivity contribution < 1.29 is 19.1 Å². The van der Waals surface area contributed by atoms with E-state index < -0.39 is 17.7 Å². The summed E-state index contributed by atoms with van der Waals surface area (Å²) in [5.74, 6) is -2.49. The van der Waals surface area contributed by atoms with Crippen molar-refractivity contribution in [2.75, 3.05) is 6.54 Å². The Hall–Kier alpha value is -2.14. The van der Waals surface area contributed by atoms with E-state index in [2.05, 4.69) is 11.8 Å². The van der Waals surface area contributed by atoms with E-state index in [4.69, 9.17) is 9.47 Å². The first-order valence-electron chi connectivity index (χ1n) is 8.86. The van der Waals surface area contributed by atoms with Gasteiger partial charge >= 0.3 is 11.9 Å². The van der Waals surface area contributed by atoms with Crippen LogP contribution in [0, 0.1) is 0 Å². The summed E-state index contributed by atoms with van der Waals surface area (Å²) in [6, 6.07) is 8.37. The van der Waals surface area contributed by atoms with Crippen molar-refractivity contribution >= 4 is 18.0 Å². The summed E-state index contributed by atoms with van der Waals surface area (Å²) in [5.41, 5.74) is 1.89. The summed E-state index contributed by atoms with van der Waals surface area (Å²) >= 11 is 0. The van der Waals surface area contributed by atoms with Crippen LogP contribution in [-0.2, 0) is 25.6 Å². The Kier molecular flexibility index (Phi) is 4.95. The lowest BCUT2D eigenvalue weighted by molar-refractivity contribution is -0.222. The van der Waals surface area contributed by atoms with Gasteiger partial charge in [-0.1, -0.05) is 30.7 Å². The predicted molar refractivity (Wildman–Crippen MR) is 94.4 cm³/mol. The van der Waals surface area contributed by atoms with Crippen molar-refractivity contribution in [3.63, 3.8) is 0 Å². The van der Waals surface area contributed by atoms with Gasteiger partial charge in [0.05, 0.1) is 0 Å². The van der Waals surface area contributed by atoms with E-state index in [1.54, 1.807) is 19.9 Å². The van der Waals surface area contributed by atoms with Gasteiger partial charge in [-0.05, 0) is 43.5 Å². The average molecular weight is 343 g/mol. The topological polar surface area (TPSA) is 55.8 Å². The Morgan fingerprint density at radius 1 is 1.16 bits per heavy atom. The zero-order valence-corrected chi connectivity index (χ0v) is 15.1. The summed E-state index contributed by atoms with van der Waals surface area (Å²) in [7, 11) is 0. The molecule has 0 N–H and O–H groups in total. The summed E-state index contributed by atoms with van der Waals surface area (Å²) < 4.78 is 10.4. The maximum absolute atomic E-state index is 12.2. The summed E-state index contributed by atoms with van der Waals surface area (Å²) in [4.78, 5) is 26.8. The lowest BCUT2D eigenvalue weighted by Gasteiger charge is -2.33. The number of piperidine rings is 1. The van der Waals surface area contributed by atoms with Crippen LogP contribution in [0.5, 0.6) is 0 Å². The van der Waals surface area contributed by atoms with Gasteiger partial charge in [0, 0.05) is 26.4 Å². The summed E-state index contributed by atoms with van der Waals surface area (Å²) in [6.45, 7) is 7.22. The molecule has 0 saturated carbocycles. The third-order valence-electron chi connectivity index (χ3n) is 4.79. The standard InChI is InChI=1S/C20H25NO4/c1-14-8-6-7-11-21(14)13-16-10-5-4-9-15(16)12-17-18(22)24-20(2,3)25-19(17)23/h4-5,9-10,12,14H,6-8,11,13H2,1-3H3. The Bertz CT molecular complexity index is 685. The van der Waals surface area contributed by atoms with Gasteiger partial charge < -0.3 is 9.47 Å². The summed E-state index contributed by atoms with van der Waals surface area (Å²) in [5, 5.41) is 0. The van der Waals surface area contributed by atoms with Gasteiger partial charge in [-0.25, -0.2) is 9.59 Å². The van der Waals surface area contributed by atoms with Crippen molar-refractivity contribution in [1.29, 1.82) is 0 Å². The van der Waals surface area contributed by atoms with Crippen LogP contribution in [0.2, 0.25) is 0 Å². The molecule has 0 bridgehead atoms. The highest BCUT2D eigenvalue weighted by molar-refractivity contribution is 6.18. The van der Waals surface area contributed by atoms with Crippen LogP contribution in [0.25, 0.3) is 6.08 Å². The third kappa shape index (κ3) is 4.10. The molecule has 25 heavy (non-hydrogen) atoms. The largest absolute Gasteiger partial charge is 0.419 e. The van der Waals surface area contributed by atoms with Crippen LogP contribution in [0.3, 0.4) is 0 Å². The van der Waals surface area contributed by atoms with Crippen molar-refractivity contribution in [2.45, 2.75) is 58.4 Å². The molecule has 0 aliphatic carbocycles. The molecule has 1 atom stereocenters. The molecule has 0 radical (unpaired) electrons. The minimum absolute atomic E-state index is 0.0570. The fraction of sp³-hybridized carbons (Fsp3) is 0.500. The number of benzene rings is 1. The third-order valence-corrected chi connectivity index (χ3v) is 4.79. The second-order valence-electron chi connectivity index (χ2n) is 7.25. The van der Waals surface area contributed by atoms with Crippen LogP contribution in [0.15, 0.2) is 29.8 Å². The van der Waals surface area contributed by atoms with Crippen LogP contribution in [0.1, 0.15) is 51.2 Å². The lowest BCUT2D eigenvalue weighted by Crippen LogP contribution is -2.41. The number of carbonyl (C=O) groups is 2. The quantitative estimate of drug-likeness (QED) is 0.479. The normalized spacial score (nSPS) is 23.8. The van der Waals surface area contributed by atoms with Gasteiger partial charge in [-0.15, -0.1) is 0 Å². The second-order valence-corrected chi connectivity index (χ2v) is 7.25. The molecule has 5 nitrogen and oxygen atoms in total. The number of likely N-dealkylation sites (tertiary alicyclic amines) is 1. The molecule has 2 saturated heterocycles. The van der Waals surface area contributed by atoms with Crippen LogP contribution in [0.4, 0.5) is 0 Å². The van der Waals surface area contributed by atoms with E-state index in [1.165, 1.54) is 19.3 Å². The van der Waals surface area contributed by atoms with Crippen molar-refractivity contribution in [3.05, 3.63) is 41.0 Å². The molecule has 2 aliphatic rings. The van der Waals surface area contributed by atoms with E-state index in [-0.39, 0.29) is 5.57 Å². The molecular weight excluding hydrogens is 318 g/mol. The molecule has 2 fully saturated rings. The highest BCUT2D eigenvalue weighted by atomic mass is 16.7. The smallest absolute Gasteiger partial charge is 0.348 e. The summed E-state index contributed by atoms with van der Waals surface area (Å²) in [6.07, 6.45) is 5.28. The number of nitrogens with zero attached hydrogens (tertiary/aromatic N) is 1. The fourth-order valence-electron chi connectivity index (χ4n) is 3.36. The predicted octanol–water partition coefficient (Wildman–Crippen LogP) is 3.28. The van der Waals surface area contributed by atoms with Crippen LogP contribution < -0.4 is 0 Å². The number of ether oxygens (including phenoxy) is 2. The van der Waals surface area contributed by atoms with Crippen LogP contribution >= 0.6 is 0 Å². The SMILES string of the molecule is CC1CCCCN1Cc1ccccc1C=C1C(=O)OC(C)(C)OC1=O. The molecular formula is C20H25NO4. The first-order valence-corrected chi connectivity index (χ1v) is 8.86. The highest BCUT2D eigenvalue weighted by Gasteiger charge is 2.38. The lowest BCUT2D eigenvalue weighted by atomic mass is 9.99. The number of hydrogen-bond donors (Lipinski definition) is 0. The molecule has 3 rings (SSSR count). The Balaban J connectivity index is 1.86. The van der Waals surface area contributed by atoms with Gasteiger partial charge in [0.25, 0.3) is 5.79 Å².